The number of anilines is 1. The van der Waals surface area contributed by atoms with Crippen molar-refractivity contribution in [3.8, 4) is 5.75 Å². The number of ether oxygens (including phenoxy) is 1. The molecule has 21 heavy (non-hydrogen) atoms. The Morgan fingerprint density at radius 3 is 2.48 bits per heavy atom. The van der Waals surface area contributed by atoms with Crippen molar-refractivity contribution in [2.75, 3.05) is 11.9 Å². The topological polar surface area (TPSA) is 58.6 Å². The van der Waals surface area contributed by atoms with Gasteiger partial charge in [-0.1, -0.05) is 28.1 Å². The molecule has 110 valence electrons. The van der Waals surface area contributed by atoms with E-state index in [-0.39, 0.29) is 19.1 Å². The number of rotatable bonds is 5. The largest absolute Gasteiger partial charge is 0.483 e. The highest BCUT2D eigenvalue weighted by Gasteiger charge is 2.06. The van der Waals surface area contributed by atoms with E-state index in [4.69, 9.17) is 9.84 Å². The maximum Gasteiger partial charge on any atom is 0.262 e. The van der Waals surface area contributed by atoms with Gasteiger partial charge in [0.05, 0.1) is 11.1 Å². The normalized spacial score (nSPS) is 10.2. The van der Waals surface area contributed by atoms with Gasteiger partial charge in [-0.3, -0.25) is 4.79 Å². The van der Waals surface area contributed by atoms with Crippen molar-refractivity contribution in [1.82, 2.24) is 0 Å². The van der Waals surface area contributed by atoms with Crippen LogP contribution >= 0.6 is 31.9 Å². The molecule has 0 aliphatic heterocycles. The van der Waals surface area contributed by atoms with Crippen LogP contribution in [0.2, 0.25) is 0 Å². The number of amides is 1. The molecule has 0 heterocycles. The maximum absolute atomic E-state index is 11.8. The Labute approximate surface area is 139 Å². The minimum Gasteiger partial charge on any atom is -0.483 e. The molecule has 2 aromatic carbocycles. The number of benzene rings is 2. The van der Waals surface area contributed by atoms with Crippen molar-refractivity contribution in [3.05, 3.63) is 57.0 Å². The number of aliphatic hydroxyl groups is 1. The van der Waals surface area contributed by atoms with Gasteiger partial charge in [-0.2, -0.15) is 0 Å². The van der Waals surface area contributed by atoms with Crippen molar-refractivity contribution in [1.29, 1.82) is 0 Å². The molecule has 0 aromatic heterocycles. The summed E-state index contributed by atoms with van der Waals surface area (Å²) in [5.41, 5.74) is 1.46. The van der Waals surface area contributed by atoms with Crippen LogP contribution in [-0.4, -0.2) is 17.6 Å². The number of halogens is 2. The quantitative estimate of drug-likeness (QED) is 0.783. The fraction of sp³-hybridized carbons (Fsp3) is 0.133. The van der Waals surface area contributed by atoms with Gasteiger partial charge in [-0.05, 0) is 51.8 Å². The molecule has 2 aromatic rings. The van der Waals surface area contributed by atoms with Crippen LogP contribution in [0.3, 0.4) is 0 Å². The molecule has 6 heteroatoms. The van der Waals surface area contributed by atoms with E-state index in [2.05, 4.69) is 37.2 Å². The molecule has 0 aliphatic carbocycles. The number of carbonyl (C=O) groups excluding carboxylic acids is 1. The van der Waals surface area contributed by atoms with E-state index in [0.717, 1.165) is 14.5 Å². The van der Waals surface area contributed by atoms with Crippen LogP contribution in [0.15, 0.2) is 51.4 Å². The van der Waals surface area contributed by atoms with Crippen molar-refractivity contribution in [3.63, 3.8) is 0 Å². The molecular weight excluding hydrogens is 402 g/mol. The lowest BCUT2D eigenvalue weighted by Crippen LogP contribution is -2.20. The molecule has 0 fully saturated rings. The molecule has 0 spiro atoms. The third-order valence-electron chi connectivity index (χ3n) is 2.67. The summed E-state index contributed by atoms with van der Waals surface area (Å²) in [6.45, 7) is -0.100. The second kappa shape index (κ2) is 7.59. The van der Waals surface area contributed by atoms with E-state index in [1.165, 1.54) is 0 Å². The van der Waals surface area contributed by atoms with E-state index in [9.17, 15) is 4.79 Å². The minimum atomic E-state index is -0.249. The summed E-state index contributed by atoms with van der Waals surface area (Å²) in [5.74, 6) is 0.352. The fourth-order valence-corrected chi connectivity index (χ4v) is 2.79. The predicted molar refractivity (Wildman–Crippen MR) is 88.3 cm³/mol. The monoisotopic (exact) mass is 413 g/mol. The van der Waals surface area contributed by atoms with Gasteiger partial charge in [-0.15, -0.1) is 0 Å². The second-order valence-electron chi connectivity index (χ2n) is 4.27. The summed E-state index contributed by atoms with van der Waals surface area (Å²) in [4.78, 5) is 11.8. The summed E-state index contributed by atoms with van der Waals surface area (Å²) in [7, 11) is 0. The standard InChI is InChI=1S/C15H13Br2NO3/c16-11-3-6-14(13(17)7-11)21-9-15(20)18-12-4-1-10(8-19)2-5-12/h1-7,19H,8-9H2,(H,18,20). The first-order valence-corrected chi connectivity index (χ1v) is 7.74. The van der Waals surface area contributed by atoms with Gasteiger partial charge in [0, 0.05) is 10.2 Å². The van der Waals surface area contributed by atoms with Crippen LogP contribution in [0.5, 0.6) is 5.75 Å². The smallest absolute Gasteiger partial charge is 0.262 e. The lowest BCUT2D eigenvalue weighted by molar-refractivity contribution is -0.118. The van der Waals surface area contributed by atoms with Crippen LogP contribution in [0.1, 0.15) is 5.56 Å². The van der Waals surface area contributed by atoms with Crippen LogP contribution < -0.4 is 10.1 Å². The molecule has 2 rings (SSSR count). The van der Waals surface area contributed by atoms with Crippen LogP contribution in [0.4, 0.5) is 5.69 Å². The van der Waals surface area contributed by atoms with Gasteiger partial charge < -0.3 is 15.2 Å². The summed E-state index contributed by atoms with van der Waals surface area (Å²) in [6, 6.07) is 12.4. The van der Waals surface area contributed by atoms with Gasteiger partial charge in [0.25, 0.3) is 5.91 Å². The first-order chi connectivity index (χ1) is 10.1. The Balaban J connectivity index is 1.89. The summed E-state index contributed by atoms with van der Waals surface area (Å²) in [6.07, 6.45) is 0. The molecule has 0 bridgehead atoms. The average Bonchev–Trinajstić information content (AvgIpc) is 2.47. The molecule has 0 unspecified atom stereocenters. The predicted octanol–water partition coefficient (Wildman–Crippen LogP) is 3.72. The molecule has 1 amide bonds. The first-order valence-electron chi connectivity index (χ1n) is 6.16. The van der Waals surface area contributed by atoms with Crippen LogP contribution in [-0.2, 0) is 11.4 Å². The van der Waals surface area contributed by atoms with E-state index in [1.807, 2.05) is 12.1 Å². The average molecular weight is 415 g/mol. The Morgan fingerprint density at radius 1 is 1.14 bits per heavy atom. The highest BCUT2D eigenvalue weighted by molar-refractivity contribution is 9.11. The SMILES string of the molecule is O=C(COc1ccc(Br)cc1Br)Nc1ccc(CO)cc1. The maximum atomic E-state index is 11.8. The van der Waals surface area contributed by atoms with E-state index < -0.39 is 0 Å². The van der Waals surface area contributed by atoms with Gasteiger partial charge in [-0.25, -0.2) is 0 Å². The number of hydrogen-bond donors (Lipinski definition) is 2. The highest BCUT2D eigenvalue weighted by Crippen LogP contribution is 2.28. The zero-order valence-electron chi connectivity index (χ0n) is 11.0. The summed E-state index contributed by atoms with van der Waals surface area (Å²) < 4.78 is 7.15. The lowest BCUT2D eigenvalue weighted by atomic mass is 10.2. The molecule has 2 N–H and O–H groups in total. The van der Waals surface area contributed by atoms with Gasteiger partial charge in [0.1, 0.15) is 5.75 Å². The molecule has 0 atom stereocenters. The lowest BCUT2D eigenvalue weighted by Gasteiger charge is -2.09. The summed E-state index contributed by atoms with van der Waals surface area (Å²) in [5, 5.41) is 11.7. The van der Waals surface area contributed by atoms with E-state index >= 15 is 0 Å². The van der Waals surface area contributed by atoms with Crippen LogP contribution in [0.25, 0.3) is 0 Å². The van der Waals surface area contributed by atoms with Crippen molar-refractivity contribution in [2.24, 2.45) is 0 Å². The molecule has 0 saturated heterocycles. The van der Waals surface area contributed by atoms with Gasteiger partial charge >= 0.3 is 0 Å². The number of carbonyl (C=O) groups is 1. The highest BCUT2D eigenvalue weighted by atomic mass is 79.9. The number of aliphatic hydroxyl groups excluding tert-OH is 1. The van der Waals surface area contributed by atoms with Crippen LogP contribution in [0, 0.1) is 0 Å². The van der Waals surface area contributed by atoms with Crippen molar-refractivity contribution in [2.45, 2.75) is 6.61 Å². The van der Waals surface area contributed by atoms with E-state index in [0.29, 0.717) is 11.4 Å². The number of nitrogens with one attached hydrogen (secondary N) is 1. The van der Waals surface area contributed by atoms with Crippen molar-refractivity contribution >= 4 is 43.5 Å². The molecule has 0 saturated carbocycles. The summed E-state index contributed by atoms with van der Waals surface area (Å²) >= 11 is 6.72. The fourth-order valence-electron chi connectivity index (χ4n) is 1.63. The third kappa shape index (κ3) is 4.84. The molecular formula is C15H13Br2NO3. The minimum absolute atomic E-state index is 0.0189. The zero-order chi connectivity index (χ0) is 15.2. The Bertz CT molecular complexity index is 629. The second-order valence-corrected chi connectivity index (χ2v) is 6.04. The zero-order valence-corrected chi connectivity index (χ0v) is 14.1. The molecule has 0 radical (unpaired) electrons. The molecule has 4 nitrogen and oxygen atoms in total. The Hall–Kier alpha value is -1.37. The van der Waals surface area contributed by atoms with Crippen molar-refractivity contribution < 1.29 is 14.6 Å². The Kier molecular flexibility index (Phi) is 5.78. The third-order valence-corrected chi connectivity index (χ3v) is 3.79. The van der Waals surface area contributed by atoms with E-state index in [1.54, 1.807) is 30.3 Å². The van der Waals surface area contributed by atoms with Gasteiger partial charge in [0.15, 0.2) is 6.61 Å². The van der Waals surface area contributed by atoms with Gasteiger partial charge in [0.2, 0.25) is 0 Å². The molecule has 0 aliphatic rings. The Morgan fingerprint density at radius 2 is 1.86 bits per heavy atom. The number of hydrogen-bond acceptors (Lipinski definition) is 3. The first kappa shape index (κ1) is 16.0.